The van der Waals surface area contributed by atoms with Gasteiger partial charge in [-0.3, -0.25) is 9.10 Å². The van der Waals surface area contributed by atoms with Crippen LogP contribution in [-0.2, 0) is 14.8 Å². The highest BCUT2D eigenvalue weighted by Crippen LogP contribution is 2.26. The summed E-state index contributed by atoms with van der Waals surface area (Å²) >= 11 is 9.52. The van der Waals surface area contributed by atoms with Crippen LogP contribution in [0.4, 0.5) is 5.69 Å². The molecule has 3 aromatic carbocycles. The summed E-state index contributed by atoms with van der Waals surface area (Å²) in [6.07, 6.45) is 1.54. The van der Waals surface area contributed by atoms with Crippen LogP contribution < -0.4 is 9.73 Å². The minimum Gasteiger partial charge on any atom is -0.318 e. The fourth-order valence-electron chi connectivity index (χ4n) is 3.94. The fourth-order valence-corrected chi connectivity index (χ4v) is 5.94. The van der Waals surface area contributed by atoms with E-state index in [2.05, 4.69) is 26.5 Å². The third-order valence-corrected chi connectivity index (χ3v) is 8.16. The van der Waals surface area contributed by atoms with E-state index < -0.39 is 22.5 Å². The van der Waals surface area contributed by atoms with Gasteiger partial charge in [-0.1, -0.05) is 57.9 Å². The lowest BCUT2D eigenvalue weighted by Crippen LogP contribution is -2.39. The molecule has 0 spiro atoms. The van der Waals surface area contributed by atoms with Crippen molar-refractivity contribution >= 4 is 55.4 Å². The molecule has 0 saturated heterocycles. The number of benzene rings is 3. The van der Waals surface area contributed by atoms with E-state index in [0.29, 0.717) is 15.2 Å². The summed E-state index contributed by atoms with van der Waals surface area (Å²) in [7, 11) is -4.00. The second-order valence-electron chi connectivity index (χ2n) is 8.24. The summed E-state index contributed by atoms with van der Waals surface area (Å²) in [6, 6.07) is 24.2. The second kappa shape index (κ2) is 11.3. The first-order valence-electron chi connectivity index (χ1n) is 11.3. The van der Waals surface area contributed by atoms with E-state index in [1.54, 1.807) is 42.5 Å². The number of hydrazone groups is 1. The minimum atomic E-state index is -4.00. The molecule has 1 aromatic heterocycles. The molecule has 0 bridgehead atoms. The Kier molecular flexibility index (Phi) is 8.16. The Hall–Kier alpha value is -3.40. The Morgan fingerprint density at radius 2 is 1.76 bits per heavy atom. The number of amides is 1. The van der Waals surface area contributed by atoms with Crippen molar-refractivity contribution in [3.05, 3.63) is 111 Å². The van der Waals surface area contributed by atoms with Crippen molar-refractivity contribution in [2.24, 2.45) is 5.10 Å². The standard InChI is InChI=1S/C27H24BrClN4O3S/c1-19-14-21(20(2)33(19)25-11-7-9-23(29)16-25)17-30-31-27(34)18-32(24-10-6-8-22(28)15-24)37(35,36)26-12-4-3-5-13-26/h3-17H,18H2,1-2H3,(H,31,34)/b30-17-. The van der Waals surface area contributed by atoms with Gasteiger partial charge in [0.1, 0.15) is 6.54 Å². The summed E-state index contributed by atoms with van der Waals surface area (Å²) in [4.78, 5) is 12.9. The number of nitrogens with zero attached hydrogens (tertiary/aromatic N) is 3. The van der Waals surface area contributed by atoms with E-state index in [0.717, 1.165) is 26.9 Å². The lowest BCUT2D eigenvalue weighted by Gasteiger charge is -2.23. The maximum Gasteiger partial charge on any atom is 0.264 e. The third-order valence-electron chi connectivity index (χ3n) is 5.64. The highest BCUT2D eigenvalue weighted by molar-refractivity contribution is 9.10. The molecule has 10 heteroatoms. The van der Waals surface area contributed by atoms with E-state index in [1.807, 2.05) is 48.7 Å². The van der Waals surface area contributed by atoms with Gasteiger partial charge in [0.05, 0.1) is 16.8 Å². The van der Waals surface area contributed by atoms with Crippen molar-refractivity contribution in [3.63, 3.8) is 0 Å². The molecular weight excluding hydrogens is 576 g/mol. The zero-order valence-corrected chi connectivity index (χ0v) is 23.3. The predicted octanol–water partition coefficient (Wildman–Crippen LogP) is 5.86. The van der Waals surface area contributed by atoms with Crippen LogP contribution in [0.3, 0.4) is 0 Å². The van der Waals surface area contributed by atoms with Gasteiger partial charge in [0.15, 0.2) is 0 Å². The SMILES string of the molecule is Cc1cc(/C=N\NC(=O)CN(c2cccc(Br)c2)S(=O)(=O)c2ccccc2)c(C)n1-c1cccc(Cl)c1. The fraction of sp³-hybridized carbons (Fsp3) is 0.111. The first-order chi connectivity index (χ1) is 17.7. The van der Waals surface area contributed by atoms with E-state index in [9.17, 15) is 13.2 Å². The minimum absolute atomic E-state index is 0.0831. The molecule has 0 aliphatic rings. The van der Waals surface area contributed by atoms with Gasteiger partial charge in [0.2, 0.25) is 0 Å². The highest BCUT2D eigenvalue weighted by Gasteiger charge is 2.27. The number of anilines is 1. The van der Waals surface area contributed by atoms with Crippen LogP contribution in [0, 0.1) is 13.8 Å². The molecule has 37 heavy (non-hydrogen) atoms. The van der Waals surface area contributed by atoms with Crippen LogP contribution in [0.1, 0.15) is 17.0 Å². The number of sulfonamides is 1. The topological polar surface area (TPSA) is 83.8 Å². The molecule has 0 saturated carbocycles. The molecule has 7 nitrogen and oxygen atoms in total. The normalized spacial score (nSPS) is 11.6. The maximum atomic E-state index is 13.4. The second-order valence-corrected chi connectivity index (χ2v) is 11.5. The Morgan fingerprint density at radius 3 is 2.46 bits per heavy atom. The molecule has 0 atom stereocenters. The van der Waals surface area contributed by atoms with E-state index in [1.165, 1.54) is 18.3 Å². The number of hydrogen-bond donors (Lipinski definition) is 1. The van der Waals surface area contributed by atoms with Gasteiger partial charge in [-0.15, -0.1) is 0 Å². The first kappa shape index (κ1) is 26.7. The molecule has 4 rings (SSSR count). The van der Waals surface area contributed by atoms with Crippen LogP contribution in [-0.4, -0.2) is 31.7 Å². The molecular formula is C27H24BrClN4O3S. The number of carbonyl (C=O) groups excluding carboxylic acids is 1. The van der Waals surface area contributed by atoms with Crippen LogP contribution >= 0.6 is 27.5 Å². The largest absolute Gasteiger partial charge is 0.318 e. The van der Waals surface area contributed by atoms with Crippen LogP contribution in [0.15, 0.2) is 99.4 Å². The zero-order chi connectivity index (χ0) is 26.6. The summed E-state index contributed by atoms with van der Waals surface area (Å²) < 4.78 is 30.6. The maximum absolute atomic E-state index is 13.4. The molecule has 0 fully saturated rings. The summed E-state index contributed by atoms with van der Waals surface area (Å²) in [5, 5.41) is 4.72. The molecule has 0 unspecified atom stereocenters. The smallest absolute Gasteiger partial charge is 0.264 e. The number of halogens is 2. The van der Waals surface area contributed by atoms with Crippen molar-refractivity contribution in [3.8, 4) is 5.69 Å². The molecule has 1 N–H and O–H groups in total. The number of nitrogens with one attached hydrogen (secondary N) is 1. The Labute approximate surface area is 229 Å². The lowest BCUT2D eigenvalue weighted by atomic mass is 10.2. The molecule has 0 aliphatic heterocycles. The summed E-state index contributed by atoms with van der Waals surface area (Å²) in [6.45, 7) is 3.46. The van der Waals surface area contributed by atoms with Gasteiger partial charge in [-0.2, -0.15) is 5.10 Å². The first-order valence-corrected chi connectivity index (χ1v) is 13.9. The number of hydrogen-bond acceptors (Lipinski definition) is 4. The Balaban J connectivity index is 1.55. The number of carbonyl (C=O) groups is 1. The monoisotopic (exact) mass is 598 g/mol. The van der Waals surface area contributed by atoms with Gasteiger partial charge >= 0.3 is 0 Å². The van der Waals surface area contributed by atoms with Gasteiger partial charge in [0.25, 0.3) is 15.9 Å². The van der Waals surface area contributed by atoms with E-state index >= 15 is 0 Å². The number of aryl methyl sites for hydroxylation is 1. The van der Waals surface area contributed by atoms with E-state index in [-0.39, 0.29) is 4.90 Å². The lowest BCUT2D eigenvalue weighted by molar-refractivity contribution is -0.119. The van der Waals surface area contributed by atoms with Gasteiger partial charge in [-0.05, 0) is 68.4 Å². The third kappa shape index (κ3) is 6.12. The van der Waals surface area contributed by atoms with Crippen molar-refractivity contribution in [2.75, 3.05) is 10.8 Å². The molecule has 1 amide bonds. The zero-order valence-electron chi connectivity index (χ0n) is 20.1. The summed E-state index contributed by atoms with van der Waals surface area (Å²) in [5.74, 6) is -0.584. The van der Waals surface area contributed by atoms with Crippen LogP contribution in [0.5, 0.6) is 0 Å². The average Bonchev–Trinajstić information content (AvgIpc) is 3.15. The molecule has 0 radical (unpaired) electrons. The number of aromatic nitrogens is 1. The number of rotatable bonds is 8. The van der Waals surface area contributed by atoms with Gasteiger partial charge in [0, 0.05) is 32.1 Å². The van der Waals surface area contributed by atoms with Crippen LogP contribution in [0.2, 0.25) is 5.02 Å². The van der Waals surface area contributed by atoms with Gasteiger partial charge < -0.3 is 4.57 Å². The highest BCUT2D eigenvalue weighted by atomic mass is 79.9. The quantitative estimate of drug-likeness (QED) is 0.204. The predicted molar refractivity (Wildman–Crippen MR) is 151 cm³/mol. The summed E-state index contributed by atoms with van der Waals surface area (Å²) in [5.41, 5.74) is 6.42. The molecule has 190 valence electrons. The average molecular weight is 600 g/mol. The van der Waals surface area contributed by atoms with Gasteiger partial charge in [-0.25, -0.2) is 13.8 Å². The molecule has 1 heterocycles. The molecule has 4 aromatic rings. The van der Waals surface area contributed by atoms with Crippen molar-refractivity contribution in [1.29, 1.82) is 0 Å². The Morgan fingerprint density at radius 1 is 1.03 bits per heavy atom. The van der Waals surface area contributed by atoms with Crippen LogP contribution in [0.25, 0.3) is 5.69 Å². The van der Waals surface area contributed by atoms with Crippen molar-refractivity contribution < 1.29 is 13.2 Å². The van der Waals surface area contributed by atoms with E-state index in [4.69, 9.17) is 11.6 Å². The van der Waals surface area contributed by atoms with Crippen molar-refractivity contribution in [1.82, 2.24) is 9.99 Å². The molecule has 0 aliphatic carbocycles. The Bertz CT molecular complexity index is 1570. The van der Waals surface area contributed by atoms with Crippen molar-refractivity contribution in [2.45, 2.75) is 18.7 Å².